The number of nitrogens with zero attached hydrogens (tertiary/aromatic N) is 2. The summed E-state index contributed by atoms with van der Waals surface area (Å²) >= 11 is 3.36. The van der Waals surface area contributed by atoms with E-state index in [1.807, 2.05) is 68.4 Å². The van der Waals surface area contributed by atoms with Crippen LogP contribution < -0.4 is 5.32 Å². The number of hydrogen-bond donors (Lipinski definition) is 1. The molecule has 0 aliphatic rings. The number of rotatable bonds is 4. The van der Waals surface area contributed by atoms with Crippen molar-refractivity contribution in [1.82, 2.24) is 4.57 Å². The van der Waals surface area contributed by atoms with Crippen LogP contribution in [0.5, 0.6) is 0 Å². The fraction of sp³-hybridized carbons (Fsp3) is 0.0909. The van der Waals surface area contributed by atoms with Crippen LogP contribution in [0.1, 0.15) is 17.0 Å². The lowest BCUT2D eigenvalue weighted by Crippen LogP contribution is -2.13. The number of nitrogens with one attached hydrogen (secondary N) is 1. The minimum atomic E-state index is -0.427. The predicted molar refractivity (Wildman–Crippen MR) is 112 cm³/mol. The molecule has 1 heterocycles. The summed E-state index contributed by atoms with van der Waals surface area (Å²) in [4.78, 5) is 12.5. The van der Waals surface area contributed by atoms with Crippen LogP contribution in [-0.2, 0) is 4.79 Å². The lowest BCUT2D eigenvalue weighted by Gasteiger charge is -2.09. The summed E-state index contributed by atoms with van der Waals surface area (Å²) in [5.74, 6) is -0.427. The number of halogens is 1. The minimum Gasteiger partial charge on any atom is -0.321 e. The van der Waals surface area contributed by atoms with E-state index in [1.165, 1.54) is 0 Å². The van der Waals surface area contributed by atoms with E-state index in [0.717, 1.165) is 27.1 Å². The Morgan fingerprint density at radius 1 is 1.11 bits per heavy atom. The fourth-order valence-electron chi connectivity index (χ4n) is 2.94. The van der Waals surface area contributed by atoms with Crippen molar-refractivity contribution in [1.29, 1.82) is 5.26 Å². The molecule has 0 saturated carbocycles. The smallest absolute Gasteiger partial charge is 0.266 e. The van der Waals surface area contributed by atoms with Crippen LogP contribution in [0, 0.1) is 25.2 Å². The third-order valence-corrected chi connectivity index (χ3v) is 4.78. The standard InChI is InChI=1S/C22H18BrN3O/c1-15-12-17(16(2)26(15)21-6-4-3-5-7-21)13-18(14-24)22(27)25-20-10-8-19(23)9-11-20/h3-13H,1-2H3,(H,25,27)/b18-13+. The highest BCUT2D eigenvalue weighted by Gasteiger charge is 2.14. The highest BCUT2D eigenvalue weighted by atomic mass is 79.9. The molecule has 0 saturated heterocycles. The third-order valence-electron chi connectivity index (χ3n) is 4.25. The number of amides is 1. The van der Waals surface area contributed by atoms with Gasteiger partial charge in [0.15, 0.2) is 0 Å². The second-order valence-electron chi connectivity index (χ2n) is 6.13. The molecule has 0 spiro atoms. The molecule has 3 aromatic rings. The molecule has 2 aromatic carbocycles. The fourth-order valence-corrected chi connectivity index (χ4v) is 3.21. The van der Waals surface area contributed by atoms with Crippen LogP contribution in [0.3, 0.4) is 0 Å². The van der Waals surface area contributed by atoms with Gasteiger partial charge in [-0.2, -0.15) is 5.26 Å². The molecule has 0 bridgehead atoms. The van der Waals surface area contributed by atoms with Crippen LogP contribution in [0.15, 0.2) is 70.7 Å². The molecular weight excluding hydrogens is 402 g/mol. The largest absolute Gasteiger partial charge is 0.321 e. The molecule has 3 rings (SSSR count). The Morgan fingerprint density at radius 3 is 2.41 bits per heavy atom. The van der Waals surface area contributed by atoms with Crippen LogP contribution in [0.2, 0.25) is 0 Å². The lowest BCUT2D eigenvalue weighted by molar-refractivity contribution is -0.112. The van der Waals surface area contributed by atoms with Gasteiger partial charge in [-0.15, -0.1) is 0 Å². The Morgan fingerprint density at radius 2 is 1.78 bits per heavy atom. The normalized spacial score (nSPS) is 11.1. The maximum absolute atomic E-state index is 12.5. The quantitative estimate of drug-likeness (QED) is 0.454. The molecular formula is C22H18BrN3O. The molecule has 27 heavy (non-hydrogen) atoms. The molecule has 1 N–H and O–H groups in total. The summed E-state index contributed by atoms with van der Waals surface area (Å²) < 4.78 is 3.03. The maximum Gasteiger partial charge on any atom is 0.266 e. The summed E-state index contributed by atoms with van der Waals surface area (Å²) in [7, 11) is 0. The number of carbonyl (C=O) groups is 1. The van der Waals surface area contributed by atoms with E-state index in [1.54, 1.807) is 18.2 Å². The molecule has 0 radical (unpaired) electrons. The molecule has 1 aromatic heterocycles. The number of carbonyl (C=O) groups excluding carboxylic acids is 1. The average Bonchev–Trinajstić information content (AvgIpc) is 2.95. The molecule has 0 atom stereocenters. The highest BCUT2D eigenvalue weighted by molar-refractivity contribution is 9.10. The first-order chi connectivity index (χ1) is 13.0. The van der Waals surface area contributed by atoms with Gasteiger partial charge in [-0.25, -0.2) is 0 Å². The van der Waals surface area contributed by atoms with Gasteiger partial charge < -0.3 is 9.88 Å². The van der Waals surface area contributed by atoms with Gasteiger partial charge in [-0.05, 0) is 68.0 Å². The lowest BCUT2D eigenvalue weighted by atomic mass is 10.1. The Hall–Kier alpha value is -3.10. The van der Waals surface area contributed by atoms with Crippen LogP contribution in [-0.4, -0.2) is 10.5 Å². The highest BCUT2D eigenvalue weighted by Crippen LogP contribution is 2.23. The number of anilines is 1. The van der Waals surface area contributed by atoms with E-state index < -0.39 is 5.91 Å². The molecule has 0 aliphatic carbocycles. The summed E-state index contributed by atoms with van der Waals surface area (Å²) in [6.07, 6.45) is 1.63. The van der Waals surface area contributed by atoms with Gasteiger partial charge in [0.25, 0.3) is 5.91 Å². The van der Waals surface area contributed by atoms with Gasteiger partial charge in [0.05, 0.1) is 0 Å². The molecule has 5 heteroatoms. The van der Waals surface area contributed by atoms with Gasteiger partial charge in [0, 0.05) is 27.2 Å². The van der Waals surface area contributed by atoms with Gasteiger partial charge in [-0.1, -0.05) is 34.1 Å². The number of aryl methyl sites for hydroxylation is 1. The third kappa shape index (κ3) is 4.18. The van der Waals surface area contributed by atoms with Crippen molar-refractivity contribution in [2.24, 2.45) is 0 Å². The summed E-state index contributed by atoms with van der Waals surface area (Å²) in [6, 6.07) is 21.2. The topological polar surface area (TPSA) is 57.8 Å². The molecule has 0 fully saturated rings. The molecule has 0 unspecified atom stereocenters. The summed E-state index contributed by atoms with van der Waals surface area (Å²) in [5, 5.41) is 12.2. The first-order valence-electron chi connectivity index (χ1n) is 8.42. The Kier molecular flexibility index (Phi) is 5.58. The Labute approximate surface area is 166 Å². The van der Waals surface area contributed by atoms with Crippen LogP contribution >= 0.6 is 15.9 Å². The monoisotopic (exact) mass is 419 g/mol. The molecule has 0 aliphatic heterocycles. The van der Waals surface area contributed by atoms with E-state index in [4.69, 9.17) is 0 Å². The Bertz CT molecular complexity index is 1040. The van der Waals surface area contributed by atoms with Crippen LogP contribution in [0.25, 0.3) is 11.8 Å². The zero-order chi connectivity index (χ0) is 19.4. The molecule has 4 nitrogen and oxygen atoms in total. The molecule has 1 amide bonds. The first-order valence-corrected chi connectivity index (χ1v) is 9.22. The minimum absolute atomic E-state index is 0.0613. The van der Waals surface area contributed by atoms with E-state index in [-0.39, 0.29) is 5.57 Å². The number of hydrogen-bond acceptors (Lipinski definition) is 2. The summed E-state index contributed by atoms with van der Waals surface area (Å²) in [6.45, 7) is 3.98. The number of benzene rings is 2. The van der Waals surface area contributed by atoms with Crippen molar-refractivity contribution < 1.29 is 4.79 Å². The van der Waals surface area contributed by atoms with Crippen molar-refractivity contribution >= 4 is 33.6 Å². The van der Waals surface area contributed by atoms with E-state index in [0.29, 0.717) is 5.69 Å². The van der Waals surface area contributed by atoms with E-state index in [9.17, 15) is 10.1 Å². The number of aromatic nitrogens is 1. The van der Waals surface area contributed by atoms with Gasteiger partial charge >= 0.3 is 0 Å². The van der Waals surface area contributed by atoms with Gasteiger partial charge in [0.1, 0.15) is 11.6 Å². The van der Waals surface area contributed by atoms with Crippen molar-refractivity contribution in [3.05, 3.63) is 87.7 Å². The molecule has 134 valence electrons. The number of para-hydroxylation sites is 1. The summed E-state index contributed by atoms with van der Waals surface area (Å²) in [5.41, 5.74) is 4.60. The first kappa shape index (κ1) is 18.7. The van der Waals surface area contributed by atoms with Crippen molar-refractivity contribution in [2.45, 2.75) is 13.8 Å². The zero-order valence-corrected chi connectivity index (χ0v) is 16.6. The average molecular weight is 420 g/mol. The van der Waals surface area contributed by atoms with Crippen molar-refractivity contribution in [3.8, 4) is 11.8 Å². The van der Waals surface area contributed by atoms with Crippen molar-refractivity contribution in [2.75, 3.05) is 5.32 Å². The Balaban J connectivity index is 1.91. The zero-order valence-electron chi connectivity index (χ0n) is 15.0. The van der Waals surface area contributed by atoms with E-state index >= 15 is 0 Å². The second-order valence-corrected chi connectivity index (χ2v) is 7.04. The van der Waals surface area contributed by atoms with E-state index in [2.05, 4.69) is 25.8 Å². The van der Waals surface area contributed by atoms with Gasteiger partial charge in [0.2, 0.25) is 0 Å². The predicted octanol–water partition coefficient (Wildman–Crippen LogP) is 5.40. The van der Waals surface area contributed by atoms with Crippen molar-refractivity contribution in [3.63, 3.8) is 0 Å². The SMILES string of the molecule is Cc1cc(/C=C(\C#N)C(=O)Nc2ccc(Br)cc2)c(C)n1-c1ccccc1. The maximum atomic E-state index is 12.5. The van der Waals surface area contributed by atoms with Gasteiger partial charge in [-0.3, -0.25) is 4.79 Å². The van der Waals surface area contributed by atoms with Crippen LogP contribution in [0.4, 0.5) is 5.69 Å². The number of nitriles is 1. The second kappa shape index (κ2) is 8.07.